The highest BCUT2D eigenvalue weighted by molar-refractivity contribution is 5.94. The highest BCUT2D eigenvalue weighted by Gasteiger charge is 2.33. The number of hydrogen-bond acceptors (Lipinski definition) is 7. The van der Waals surface area contributed by atoms with Crippen molar-refractivity contribution in [3.05, 3.63) is 0 Å². The summed E-state index contributed by atoms with van der Waals surface area (Å²) in [5.74, 6) is -1.55. The fourth-order valence-corrected chi connectivity index (χ4v) is 2.29. The molecule has 10 nitrogen and oxygen atoms in total. The Balaban J connectivity index is 4.33. The van der Waals surface area contributed by atoms with Crippen LogP contribution in [0.5, 0.6) is 0 Å². The second kappa shape index (κ2) is 12.4. The van der Waals surface area contributed by atoms with Gasteiger partial charge in [-0.05, 0) is 67.7 Å². The molecule has 0 aromatic heterocycles. The molecule has 5 N–H and O–H groups in total. The number of esters is 1. The largest absolute Gasteiger partial charge is 0.464 e. The molecule has 0 rings (SSSR count). The molecule has 0 aliphatic rings. The van der Waals surface area contributed by atoms with Gasteiger partial charge in [0.15, 0.2) is 0 Å². The Hall–Kier alpha value is -2.36. The lowest BCUT2D eigenvalue weighted by atomic mass is 10.0. The molecular formula is C20H38N4O6. The van der Waals surface area contributed by atoms with E-state index in [0.717, 1.165) is 0 Å². The van der Waals surface area contributed by atoms with Gasteiger partial charge in [0.05, 0.1) is 12.6 Å². The third kappa shape index (κ3) is 11.6. The summed E-state index contributed by atoms with van der Waals surface area (Å²) in [5.41, 5.74) is 4.09. The van der Waals surface area contributed by atoms with Gasteiger partial charge in [0, 0.05) is 6.54 Å². The summed E-state index contributed by atoms with van der Waals surface area (Å²) in [6.45, 7) is 12.2. The standard InChI is InChI=1S/C20H38N4O6/c1-8-29-16(26)13(2)23-17(27)20(6,7)24-15(25)14(21)11-9-10-12-22-18(28)30-19(3,4)5/h13-14H,8-12,21H2,1-7H3,(H,22,28)(H,23,27)(H,24,25)/t13-,14-/m0/s1. The van der Waals surface area contributed by atoms with E-state index < -0.39 is 47.1 Å². The van der Waals surface area contributed by atoms with Crippen molar-refractivity contribution >= 4 is 23.9 Å². The quantitative estimate of drug-likeness (QED) is 0.282. The van der Waals surface area contributed by atoms with Crippen LogP contribution in [0.1, 0.15) is 67.7 Å². The van der Waals surface area contributed by atoms with Gasteiger partial charge in [-0.25, -0.2) is 9.59 Å². The average Bonchev–Trinajstić information content (AvgIpc) is 2.59. The predicted molar refractivity (Wildman–Crippen MR) is 113 cm³/mol. The molecule has 10 heteroatoms. The average molecular weight is 431 g/mol. The number of nitrogens with one attached hydrogen (secondary N) is 3. The minimum absolute atomic E-state index is 0.210. The first kappa shape index (κ1) is 27.6. The first-order valence-corrected chi connectivity index (χ1v) is 10.2. The molecule has 174 valence electrons. The van der Waals surface area contributed by atoms with Gasteiger partial charge in [-0.2, -0.15) is 0 Å². The van der Waals surface area contributed by atoms with Gasteiger partial charge in [0.25, 0.3) is 0 Å². The molecule has 0 aliphatic carbocycles. The number of carbonyl (C=O) groups is 4. The van der Waals surface area contributed by atoms with Crippen LogP contribution < -0.4 is 21.7 Å². The molecule has 0 aromatic carbocycles. The van der Waals surface area contributed by atoms with Crippen LogP contribution in [-0.2, 0) is 23.9 Å². The minimum Gasteiger partial charge on any atom is -0.464 e. The summed E-state index contributed by atoms with van der Waals surface area (Å²) in [4.78, 5) is 47.9. The molecule has 0 bridgehead atoms. The number of unbranched alkanes of at least 4 members (excludes halogenated alkanes) is 1. The first-order valence-electron chi connectivity index (χ1n) is 10.2. The Labute approximate surface area is 179 Å². The molecule has 0 radical (unpaired) electrons. The molecule has 0 heterocycles. The van der Waals surface area contributed by atoms with Crippen LogP contribution in [0.15, 0.2) is 0 Å². The fraction of sp³-hybridized carbons (Fsp3) is 0.800. The van der Waals surface area contributed by atoms with Crippen molar-refractivity contribution in [3.8, 4) is 0 Å². The van der Waals surface area contributed by atoms with Crippen LogP contribution in [-0.4, -0.2) is 60.3 Å². The Morgan fingerprint density at radius 3 is 2.17 bits per heavy atom. The van der Waals surface area contributed by atoms with E-state index in [0.29, 0.717) is 25.8 Å². The van der Waals surface area contributed by atoms with E-state index in [-0.39, 0.29) is 6.61 Å². The van der Waals surface area contributed by atoms with Crippen LogP contribution in [0.25, 0.3) is 0 Å². The third-order valence-corrected chi connectivity index (χ3v) is 3.94. The van der Waals surface area contributed by atoms with Crippen molar-refractivity contribution in [2.75, 3.05) is 13.2 Å². The number of carbonyl (C=O) groups excluding carboxylic acids is 4. The molecule has 0 saturated heterocycles. The fourth-order valence-electron chi connectivity index (χ4n) is 2.29. The summed E-state index contributed by atoms with van der Waals surface area (Å²) in [5, 5.41) is 7.75. The van der Waals surface area contributed by atoms with E-state index >= 15 is 0 Å². The maximum absolute atomic E-state index is 12.4. The molecule has 0 unspecified atom stereocenters. The Morgan fingerprint density at radius 2 is 1.63 bits per heavy atom. The molecule has 0 aromatic rings. The van der Waals surface area contributed by atoms with Gasteiger partial charge >= 0.3 is 12.1 Å². The lowest BCUT2D eigenvalue weighted by Crippen LogP contribution is -2.59. The molecule has 0 saturated carbocycles. The molecule has 2 atom stereocenters. The normalized spacial score (nSPS) is 13.6. The summed E-state index contributed by atoms with van der Waals surface area (Å²) in [7, 11) is 0. The van der Waals surface area contributed by atoms with Crippen LogP contribution in [0, 0.1) is 0 Å². The van der Waals surface area contributed by atoms with Crippen molar-refractivity contribution in [1.29, 1.82) is 0 Å². The summed E-state index contributed by atoms with van der Waals surface area (Å²) in [6.07, 6.45) is 1.13. The third-order valence-electron chi connectivity index (χ3n) is 3.94. The van der Waals surface area contributed by atoms with Gasteiger partial charge in [-0.15, -0.1) is 0 Å². The maximum atomic E-state index is 12.4. The van der Waals surface area contributed by atoms with Gasteiger partial charge in [-0.3, -0.25) is 9.59 Å². The van der Waals surface area contributed by atoms with Crippen LogP contribution in [0.3, 0.4) is 0 Å². The summed E-state index contributed by atoms with van der Waals surface area (Å²) in [6, 6.07) is -1.64. The van der Waals surface area contributed by atoms with Crippen LogP contribution in [0.2, 0.25) is 0 Å². The van der Waals surface area contributed by atoms with Gasteiger partial charge in [0.2, 0.25) is 11.8 Å². The van der Waals surface area contributed by atoms with Crippen molar-refractivity contribution in [2.45, 2.75) is 91.0 Å². The zero-order valence-electron chi connectivity index (χ0n) is 19.2. The monoisotopic (exact) mass is 430 g/mol. The summed E-state index contributed by atoms with van der Waals surface area (Å²) >= 11 is 0. The zero-order chi connectivity index (χ0) is 23.5. The second-order valence-corrected chi connectivity index (χ2v) is 8.59. The molecule has 30 heavy (non-hydrogen) atoms. The van der Waals surface area contributed by atoms with E-state index in [1.807, 2.05) is 0 Å². The summed E-state index contributed by atoms with van der Waals surface area (Å²) < 4.78 is 9.97. The molecule has 3 amide bonds. The van der Waals surface area contributed by atoms with Crippen molar-refractivity contribution in [3.63, 3.8) is 0 Å². The van der Waals surface area contributed by atoms with Crippen molar-refractivity contribution in [2.24, 2.45) is 5.73 Å². The van der Waals surface area contributed by atoms with Crippen LogP contribution >= 0.6 is 0 Å². The Morgan fingerprint density at radius 1 is 1.03 bits per heavy atom. The smallest absolute Gasteiger partial charge is 0.407 e. The second-order valence-electron chi connectivity index (χ2n) is 8.59. The van der Waals surface area contributed by atoms with E-state index in [2.05, 4.69) is 16.0 Å². The number of ether oxygens (including phenoxy) is 2. The van der Waals surface area contributed by atoms with Gasteiger partial charge in [0.1, 0.15) is 17.2 Å². The topological polar surface area (TPSA) is 149 Å². The SMILES string of the molecule is CCOC(=O)[C@H](C)NC(=O)C(C)(C)NC(=O)[C@@H](N)CCCCNC(=O)OC(C)(C)C. The van der Waals surface area contributed by atoms with Gasteiger partial charge in [-0.1, -0.05) is 0 Å². The number of nitrogens with two attached hydrogens (primary N) is 1. The molecular weight excluding hydrogens is 392 g/mol. The van der Waals surface area contributed by atoms with E-state index in [4.69, 9.17) is 15.2 Å². The highest BCUT2D eigenvalue weighted by atomic mass is 16.6. The number of alkyl carbamates (subject to hydrolysis) is 1. The van der Waals surface area contributed by atoms with Crippen molar-refractivity contribution in [1.82, 2.24) is 16.0 Å². The van der Waals surface area contributed by atoms with Crippen LogP contribution in [0.4, 0.5) is 4.79 Å². The number of hydrogen-bond donors (Lipinski definition) is 4. The molecule has 0 fully saturated rings. The maximum Gasteiger partial charge on any atom is 0.407 e. The number of amides is 3. The Kier molecular flexibility index (Phi) is 11.4. The predicted octanol–water partition coefficient (Wildman–Crippen LogP) is 0.971. The van der Waals surface area contributed by atoms with E-state index in [1.54, 1.807) is 27.7 Å². The van der Waals surface area contributed by atoms with Crippen molar-refractivity contribution < 1.29 is 28.7 Å². The zero-order valence-corrected chi connectivity index (χ0v) is 19.2. The lowest BCUT2D eigenvalue weighted by molar-refractivity contribution is -0.147. The molecule has 0 spiro atoms. The Bertz CT molecular complexity index is 601. The van der Waals surface area contributed by atoms with Gasteiger partial charge < -0.3 is 31.2 Å². The minimum atomic E-state index is -1.26. The first-order chi connectivity index (χ1) is 13.7. The lowest BCUT2D eigenvalue weighted by Gasteiger charge is -2.28. The van der Waals surface area contributed by atoms with E-state index in [1.165, 1.54) is 20.8 Å². The van der Waals surface area contributed by atoms with E-state index in [9.17, 15) is 19.2 Å². The highest BCUT2D eigenvalue weighted by Crippen LogP contribution is 2.08. The molecule has 0 aliphatic heterocycles. The number of rotatable bonds is 11.